The third-order valence-corrected chi connectivity index (χ3v) is 6.77. The van der Waals surface area contributed by atoms with E-state index in [-0.39, 0.29) is 11.5 Å². The highest BCUT2D eigenvalue weighted by atomic mass is 35.5. The average molecular weight is 439 g/mol. The summed E-state index contributed by atoms with van der Waals surface area (Å²) in [7, 11) is -3.50. The van der Waals surface area contributed by atoms with Crippen LogP contribution in [0, 0.1) is 5.92 Å². The maximum Gasteiger partial charge on any atom is 0.240 e. The second-order valence-electron chi connectivity index (χ2n) is 7.24. The molecule has 1 fully saturated rings. The summed E-state index contributed by atoms with van der Waals surface area (Å²) < 4.78 is 32.9. The Hall–Kier alpha value is -1.64. The van der Waals surface area contributed by atoms with E-state index in [1.165, 1.54) is 17.7 Å². The lowest BCUT2D eigenvalue weighted by atomic mass is 9.97. The molecule has 2 N–H and O–H groups in total. The molecule has 0 atom stereocenters. The molecule has 1 heterocycles. The number of hydrogen-bond acceptors (Lipinski definition) is 5. The number of nitrogens with one attached hydrogen (secondary N) is 1. The highest BCUT2D eigenvalue weighted by Gasteiger charge is 2.22. The van der Waals surface area contributed by atoms with Gasteiger partial charge in [-0.15, -0.1) is 0 Å². The molecule has 1 aliphatic heterocycles. The van der Waals surface area contributed by atoms with Gasteiger partial charge in [0.15, 0.2) is 0 Å². The van der Waals surface area contributed by atoms with Gasteiger partial charge in [0.2, 0.25) is 10.0 Å². The molecule has 0 spiro atoms. The van der Waals surface area contributed by atoms with Crippen molar-refractivity contribution in [1.82, 2.24) is 9.62 Å². The number of rotatable bonds is 9. The van der Waals surface area contributed by atoms with E-state index in [1.54, 1.807) is 12.1 Å². The van der Waals surface area contributed by atoms with Gasteiger partial charge < -0.3 is 9.84 Å². The van der Waals surface area contributed by atoms with Crippen molar-refractivity contribution in [3.8, 4) is 5.75 Å². The van der Waals surface area contributed by atoms with Crippen LogP contribution in [0.1, 0.15) is 18.4 Å². The Bertz CT molecular complexity index is 865. The molecule has 1 saturated heterocycles. The summed E-state index contributed by atoms with van der Waals surface area (Å²) in [5, 5.41) is 9.31. The molecule has 0 amide bonds. The van der Waals surface area contributed by atoms with Gasteiger partial charge in [0.25, 0.3) is 0 Å². The van der Waals surface area contributed by atoms with E-state index in [2.05, 4.69) is 9.62 Å². The molecule has 8 heteroatoms. The minimum absolute atomic E-state index is 0.00650. The molecule has 2 aromatic carbocycles. The molecular formula is C21H27ClN2O4S. The van der Waals surface area contributed by atoms with E-state index in [9.17, 15) is 8.42 Å². The molecule has 158 valence electrons. The molecular weight excluding hydrogens is 412 g/mol. The number of halogens is 1. The van der Waals surface area contributed by atoms with Crippen molar-refractivity contribution in [2.45, 2.75) is 24.3 Å². The zero-order valence-corrected chi connectivity index (χ0v) is 17.8. The topological polar surface area (TPSA) is 78.9 Å². The van der Waals surface area contributed by atoms with Crippen LogP contribution in [0.25, 0.3) is 0 Å². The van der Waals surface area contributed by atoms with Crippen LogP contribution >= 0.6 is 11.6 Å². The first-order chi connectivity index (χ1) is 14.0. The van der Waals surface area contributed by atoms with Crippen molar-refractivity contribution in [3.05, 3.63) is 59.1 Å². The normalized spacial score (nSPS) is 16.1. The van der Waals surface area contributed by atoms with Gasteiger partial charge in [0.05, 0.1) is 11.5 Å². The zero-order chi connectivity index (χ0) is 20.7. The standard InChI is InChI=1S/C21H27ClN2O4S/c22-19-3-7-21(8-4-19)29(26,27)23-15-17-9-11-24(12-10-17)16-18-1-5-20(6-2-18)28-14-13-25/h1-8,17,23,25H,9-16H2. The van der Waals surface area contributed by atoms with Gasteiger partial charge in [-0.2, -0.15) is 0 Å². The largest absolute Gasteiger partial charge is 0.491 e. The summed E-state index contributed by atoms with van der Waals surface area (Å²) in [6.07, 6.45) is 1.92. The molecule has 0 unspecified atom stereocenters. The monoisotopic (exact) mass is 438 g/mol. The summed E-state index contributed by atoms with van der Waals surface area (Å²) >= 11 is 5.82. The molecule has 6 nitrogen and oxygen atoms in total. The van der Waals surface area contributed by atoms with Crippen LogP contribution in [-0.2, 0) is 16.6 Å². The highest BCUT2D eigenvalue weighted by Crippen LogP contribution is 2.21. The van der Waals surface area contributed by atoms with Crippen molar-refractivity contribution >= 4 is 21.6 Å². The highest BCUT2D eigenvalue weighted by molar-refractivity contribution is 7.89. The summed E-state index contributed by atoms with van der Waals surface area (Å²) in [4.78, 5) is 2.62. The van der Waals surface area contributed by atoms with Crippen molar-refractivity contribution in [2.24, 2.45) is 5.92 Å². The minimum Gasteiger partial charge on any atom is -0.491 e. The number of nitrogens with zero attached hydrogens (tertiary/aromatic N) is 1. The first-order valence-electron chi connectivity index (χ1n) is 9.76. The van der Waals surface area contributed by atoms with Crippen molar-refractivity contribution in [1.29, 1.82) is 0 Å². The molecule has 0 radical (unpaired) electrons. The van der Waals surface area contributed by atoms with E-state index in [1.807, 2.05) is 24.3 Å². The second-order valence-corrected chi connectivity index (χ2v) is 9.44. The molecule has 3 rings (SSSR count). The molecule has 2 aromatic rings. The van der Waals surface area contributed by atoms with E-state index in [4.69, 9.17) is 21.4 Å². The predicted molar refractivity (Wildman–Crippen MR) is 114 cm³/mol. The lowest BCUT2D eigenvalue weighted by Crippen LogP contribution is -2.38. The summed E-state index contributed by atoms with van der Waals surface area (Å²) in [6.45, 7) is 3.51. The number of ether oxygens (including phenoxy) is 1. The third-order valence-electron chi connectivity index (χ3n) is 5.08. The van der Waals surface area contributed by atoms with E-state index >= 15 is 0 Å². The smallest absolute Gasteiger partial charge is 0.240 e. The van der Waals surface area contributed by atoms with E-state index < -0.39 is 10.0 Å². The van der Waals surface area contributed by atoms with Gasteiger partial charge in [0.1, 0.15) is 12.4 Å². The lowest BCUT2D eigenvalue weighted by molar-refractivity contribution is 0.178. The Morgan fingerprint density at radius 1 is 1.07 bits per heavy atom. The lowest BCUT2D eigenvalue weighted by Gasteiger charge is -2.32. The van der Waals surface area contributed by atoms with E-state index in [0.29, 0.717) is 24.1 Å². The first-order valence-corrected chi connectivity index (χ1v) is 11.6. The van der Waals surface area contributed by atoms with Gasteiger partial charge in [-0.3, -0.25) is 4.90 Å². The Balaban J connectivity index is 1.42. The average Bonchev–Trinajstić information content (AvgIpc) is 2.73. The van der Waals surface area contributed by atoms with Crippen LogP contribution in [0.5, 0.6) is 5.75 Å². The molecule has 29 heavy (non-hydrogen) atoms. The van der Waals surface area contributed by atoms with Crippen LogP contribution in [0.4, 0.5) is 0 Å². The quantitative estimate of drug-likeness (QED) is 0.629. The SMILES string of the molecule is O=S(=O)(NCC1CCN(Cc2ccc(OCCO)cc2)CC1)c1ccc(Cl)cc1. The Labute approximate surface area is 177 Å². The summed E-state index contributed by atoms with van der Waals surface area (Å²) in [5.74, 6) is 1.09. The van der Waals surface area contributed by atoms with Crippen LogP contribution in [0.3, 0.4) is 0 Å². The fourth-order valence-electron chi connectivity index (χ4n) is 3.39. The van der Waals surface area contributed by atoms with Gasteiger partial charge in [-0.05, 0) is 73.8 Å². The van der Waals surface area contributed by atoms with Crippen LogP contribution < -0.4 is 9.46 Å². The molecule has 0 saturated carbocycles. The van der Waals surface area contributed by atoms with Crippen LogP contribution in [0.15, 0.2) is 53.4 Å². The summed E-state index contributed by atoms with van der Waals surface area (Å²) in [6, 6.07) is 14.1. The number of piperidine rings is 1. The fraction of sp³-hybridized carbons (Fsp3) is 0.429. The zero-order valence-electron chi connectivity index (χ0n) is 16.3. The number of sulfonamides is 1. The van der Waals surface area contributed by atoms with Crippen molar-refractivity contribution in [3.63, 3.8) is 0 Å². The number of aliphatic hydroxyl groups excluding tert-OH is 1. The fourth-order valence-corrected chi connectivity index (χ4v) is 4.63. The third kappa shape index (κ3) is 6.69. The molecule has 0 aromatic heterocycles. The van der Waals surface area contributed by atoms with Gasteiger partial charge in [0, 0.05) is 18.1 Å². The maximum absolute atomic E-state index is 12.4. The van der Waals surface area contributed by atoms with Crippen molar-refractivity contribution in [2.75, 3.05) is 32.8 Å². The van der Waals surface area contributed by atoms with Gasteiger partial charge in [-0.25, -0.2) is 13.1 Å². The minimum atomic E-state index is -3.50. The van der Waals surface area contributed by atoms with Crippen LogP contribution in [0.2, 0.25) is 5.02 Å². The van der Waals surface area contributed by atoms with E-state index in [0.717, 1.165) is 38.2 Å². The number of likely N-dealkylation sites (tertiary alicyclic amines) is 1. The molecule has 1 aliphatic rings. The van der Waals surface area contributed by atoms with Gasteiger partial charge >= 0.3 is 0 Å². The number of hydrogen-bond donors (Lipinski definition) is 2. The van der Waals surface area contributed by atoms with Crippen molar-refractivity contribution < 1.29 is 18.3 Å². The van der Waals surface area contributed by atoms with Gasteiger partial charge in [-0.1, -0.05) is 23.7 Å². The first kappa shape index (κ1) is 22.1. The number of benzene rings is 2. The Morgan fingerprint density at radius 2 is 1.72 bits per heavy atom. The second kappa shape index (κ2) is 10.4. The molecule has 0 bridgehead atoms. The predicted octanol–water partition coefficient (Wildman–Crippen LogP) is 2.90. The maximum atomic E-state index is 12.4. The summed E-state index contributed by atoms with van der Waals surface area (Å²) in [5.41, 5.74) is 1.21. The molecule has 0 aliphatic carbocycles. The Kier molecular flexibility index (Phi) is 7.91. The number of aliphatic hydroxyl groups is 1. The Morgan fingerprint density at radius 3 is 2.34 bits per heavy atom. The van der Waals surface area contributed by atoms with Crippen LogP contribution in [-0.4, -0.2) is 51.3 Å².